The van der Waals surface area contributed by atoms with Crippen molar-refractivity contribution in [2.75, 3.05) is 88.2 Å². The molecule has 3 aromatic heterocycles. The molecule has 27 heteroatoms. The summed E-state index contributed by atoms with van der Waals surface area (Å²) in [6.07, 6.45) is 0.988. The van der Waals surface area contributed by atoms with Gasteiger partial charge in [-0.25, -0.2) is 23.1 Å². The number of H-pyrrole nitrogens is 1. The number of hydrogen-bond acceptors (Lipinski definition) is 16. The van der Waals surface area contributed by atoms with E-state index in [0.717, 1.165) is 89.4 Å². The van der Waals surface area contributed by atoms with Gasteiger partial charge in [-0.3, -0.25) is 43.3 Å². The first-order chi connectivity index (χ1) is 42.9. The van der Waals surface area contributed by atoms with Crippen LogP contribution in [0.25, 0.3) is 32.6 Å². The van der Waals surface area contributed by atoms with Crippen LogP contribution in [-0.2, 0) is 38.9 Å². The van der Waals surface area contributed by atoms with Gasteiger partial charge in [0.15, 0.2) is 5.82 Å². The first-order valence-electron chi connectivity index (χ1n) is 30.0. The topological polar surface area (TPSA) is 271 Å². The number of aryl methyl sites for hydroxylation is 1. The summed E-state index contributed by atoms with van der Waals surface area (Å²) < 4.78 is 79.1. The molecule has 6 aromatic rings. The lowest BCUT2D eigenvalue weighted by atomic mass is 9.85. The summed E-state index contributed by atoms with van der Waals surface area (Å²) in [5.74, 6) is -5.99. The Bertz CT molecular complexity index is 3720. The summed E-state index contributed by atoms with van der Waals surface area (Å²) in [5.41, 5.74) is 4.29. The van der Waals surface area contributed by atoms with Gasteiger partial charge in [-0.1, -0.05) is 57.2 Å². The Morgan fingerprint density at radius 2 is 1.60 bits per heavy atom. The molecule has 4 aliphatic heterocycles. The van der Waals surface area contributed by atoms with Crippen molar-refractivity contribution in [3.8, 4) is 21.6 Å². The van der Waals surface area contributed by atoms with Crippen LogP contribution in [0.2, 0.25) is 0 Å². The molecule has 10 rings (SSSR count). The Kier molecular flexibility index (Phi) is 20.1. The zero-order valence-electron chi connectivity index (χ0n) is 50.4. The number of thiazole rings is 1. The number of benzene rings is 3. The zero-order chi connectivity index (χ0) is 64.2. The zero-order valence-corrected chi connectivity index (χ0v) is 52.1. The quantitative estimate of drug-likeness (QED) is 0.0252. The van der Waals surface area contributed by atoms with Crippen LogP contribution in [0.4, 0.5) is 24.5 Å². The van der Waals surface area contributed by atoms with Gasteiger partial charge in [-0.15, -0.1) is 11.3 Å². The number of aliphatic hydroxyl groups is 1. The number of ketones is 1. The molecular formula is C63H74F3N11O11S2. The van der Waals surface area contributed by atoms with Crippen molar-refractivity contribution in [1.29, 1.82) is 0 Å². The smallest absolute Gasteiger partial charge is 0.306 e. The van der Waals surface area contributed by atoms with Crippen molar-refractivity contribution < 1.29 is 65.3 Å². The highest BCUT2D eigenvalue weighted by atomic mass is 32.2. The number of piperazine rings is 1. The van der Waals surface area contributed by atoms with Crippen LogP contribution in [-0.4, -0.2) is 197 Å². The fourth-order valence-corrected chi connectivity index (χ4v) is 14.4. The summed E-state index contributed by atoms with van der Waals surface area (Å²) >= 11 is 1.47. The van der Waals surface area contributed by atoms with Gasteiger partial charge in [0.05, 0.1) is 58.9 Å². The minimum Gasteiger partial charge on any atom is -0.481 e. The van der Waals surface area contributed by atoms with Gasteiger partial charge in [-0.2, -0.15) is 12.7 Å². The SMILES string of the molecule is Cc1ncsc1-c1ccc([C@H](COC(=O)CCC(=O)O)N(C=O)[C@@H]2C[C@@H](O)CN2C(=O)[C@@H](NC(=O)CN2CCC(CN3CCN(c4ccc(-c5cnc6[nH]cc(C(=O)c7c(F)ccc(NS(=O)(=O)N8CC[C@@H](F)C8)c7F)c6c5)cc4)CC3)CC2)C(C)(C)C)cc1. The molecule has 3 aromatic carbocycles. The number of nitrogens with zero attached hydrogens (tertiary/aromatic N) is 8. The van der Waals surface area contributed by atoms with Crippen LogP contribution < -0.4 is 14.9 Å². The number of esters is 1. The number of likely N-dealkylation sites (tertiary alicyclic amines) is 2. The Labute approximate surface area is 523 Å². The normalized spacial score (nSPS) is 19.6. The molecule has 5 atom stereocenters. The van der Waals surface area contributed by atoms with Gasteiger partial charge in [0.1, 0.15) is 36.5 Å². The lowest BCUT2D eigenvalue weighted by molar-refractivity contribution is -0.153. The van der Waals surface area contributed by atoms with Gasteiger partial charge in [0.25, 0.3) is 0 Å². The second-order valence-electron chi connectivity index (χ2n) is 24.6. The number of amides is 3. The number of aromatic amines is 1. The van der Waals surface area contributed by atoms with Crippen LogP contribution in [0.15, 0.2) is 84.6 Å². The standard InChI is InChI=1S/C63H74F3N11O11S2/c1-38-59(89-36-69-38)42-7-5-41(6-8-42)51(35-88-55(83)16-15-54(81)82)77(37-78)53-28-46(79)33-76(53)62(85)60(63(2,3)4)70-52(80)34-72-20-17-39(18-21-72)31-73-23-25-74(26-24-73)45-11-9-40(10-12-45)43-27-47-48(30-68-61(47)67-29-43)58(84)56-49(65)13-14-50(57(56)66)71-90(86,87)75-22-19-44(64)32-75/h5-14,27,29-30,36-37,39,44,46,51,53,60,71,79H,15-26,28,31-35H2,1-4H3,(H,67,68)(H,70,80)(H,81,82)/t44-,46-,51+,53-,60-/m1/s1. The average molecular weight is 1280 g/mol. The number of fused-ring (bicyclic) bond motifs is 1. The summed E-state index contributed by atoms with van der Waals surface area (Å²) in [7, 11) is -4.39. The van der Waals surface area contributed by atoms with Gasteiger partial charge < -0.3 is 40.0 Å². The number of alkyl halides is 1. The Balaban J connectivity index is 0.709. The number of β-amino-alcohol motifs (C(OH)–C–C–N with tert-alkyl or cyclic N) is 1. The number of carbonyl (C=O) groups is 6. The number of rotatable bonds is 23. The fourth-order valence-electron chi connectivity index (χ4n) is 12.3. The van der Waals surface area contributed by atoms with Gasteiger partial charge in [0.2, 0.25) is 24.0 Å². The van der Waals surface area contributed by atoms with Crippen molar-refractivity contribution in [1.82, 2.24) is 44.2 Å². The molecule has 90 heavy (non-hydrogen) atoms. The molecular weight excluding hydrogens is 1210 g/mol. The van der Waals surface area contributed by atoms with Gasteiger partial charge >= 0.3 is 22.1 Å². The van der Waals surface area contributed by atoms with E-state index in [1.807, 2.05) is 68.8 Å². The molecule has 0 saturated carbocycles. The Hall–Kier alpha value is -7.82. The number of halogens is 3. The number of aliphatic hydroxyl groups excluding tert-OH is 1. The summed E-state index contributed by atoms with van der Waals surface area (Å²) in [4.78, 5) is 102. The van der Waals surface area contributed by atoms with E-state index in [0.29, 0.717) is 47.6 Å². The monoisotopic (exact) mass is 1280 g/mol. The first-order valence-corrected chi connectivity index (χ1v) is 32.4. The third-order valence-electron chi connectivity index (χ3n) is 17.3. The van der Waals surface area contributed by atoms with Crippen molar-refractivity contribution in [3.63, 3.8) is 0 Å². The van der Waals surface area contributed by atoms with E-state index in [1.54, 1.807) is 29.9 Å². The van der Waals surface area contributed by atoms with Crippen LogP contribution in [0.3, 0.4) is 0 Å². The van der Waals surface area contributed by atoms with E-state index in [4.69, 9.17) is 9.84 Å². The highest BCUT2D eigenvalue weighted by molar-refractivity contribution is 7.90. The average Bonchev–Trinajstić information content (AvgIpc) is 1.82. The minimum absolute atomic E-state index is 0.0130. The largest absolute Gasteiger partial charge is 0.481 e. The molecule has 5 N–H and O–H groups in total. The number of hydrogen-bond donors (Lipinski definition) is 5. The predicted octanol–water partition coefficient (Wildman–Crippen LogP) is 6.76. The number of ether oxygens (including phenoxy) is 1. The van der Waals surface area contributed by atoms with E-state index >= 15 is 8.78 Å². The molecule has 3 amide bonds. The number of carboxylic acids is 1. The number of carbonyl (C=O) groups excluding carboxylic acids is 5. The van der Waals surface area contributed by atoms with E-state index in [9.17, 15) is 46.7 Å². The molecule has 480 valence electrons. The summed E-state index contributed by atoms with van der Waals surface area (Å²) in [6, 6.07) is 16.6. The van der Waals surface area contributed by atoms with E-state index in [2.05, 4.69) is 35.0 Å². The molecule has 4 fully saturated rings. The van der Waals surface area contributed by atoms with Crippen LogP contribution in [0.1, 0.15) is 92.5 Å². The second kappa shape index (κ2) is 27.7. The predicted molar refractivity (Wildman–Crippen MR) is 331 cm³/mol. The van der Waals surface area contributed by atoms with Crippen LogP contribution in [0, 0.1) is 29.9 Å². The molecule has 22 nitrogen and oxygen atoms in total. The highest BCUT2D eigenvalue weighted by Gasteiger charge is 2.46. The molecule has 7 heterocycles. The van der Waals surface area contributed by atoms with Crippen LogP contribution >= 0.6 is 11.3 Å². The van der Waals surface area contributed by atoms with Crippen molar-refractivity contribution in [2.45, 2.75) is 96.7 Å². The maximum atomic E-state index is 15.9. The maximum Gasteiger partial charge on any atom is 0.306 e. The first kappa shape index (κ1) is 65.1. The molecule has 4 aliphatic rings. The van der Waals surface area contributed by atoms with E-state index < -0.39 is 106 Å². The highest BCUT2D eigenvalue weighted by Crippen LogP contribution is 2.36. The maximum absolute atomic E-state index is 15.9. The Morgan fingerprint density at radius 3 is 2.24 bits per heavy atom. The summed E-state index contributed by atoms with van der Waals surface area (Å²) in [5, 5.41) is 23.6. The lowest BCUT2D eigenvalue weighted by Gasteiger charge is -2.41. The van der Waals surface area contributed by atoms with Crippen LogP contribution in [0.5, 0.6) is 0 Å². The van der Waals surface area contributed by atoms with E-state index in [-0.39, 0.29) is 57.0 Å². The van der Waals surface area contributed by atoms with Crippen molar-refractivity contribution in [2.24, 2.45) is 11.3 Å². The number of anilines is 2. The third kappa shape index (κ3) is 15.0. The van der Waals surface area contributed by atoms with Crippen molar-refractivity contribution in [3.05, 3.63) is 119 Å². The Morgan fingerprint density at radius 1 is 0.889 bits per heavy atom. The number of piperidine rings is 1. The minimum atomic E-state index is -4.39. The van der Waals surface area contributed by atoms with E-state index in [1.165, 1.54) is 27.3 Å². The lowest BCUT2D eigenvalue weighted by Crippen LogP contribution is -2.59. The number of aromatic nitrogens is 3. The van der Waals surface area contributed by atoms with Crippen molar-refractivity contribution >= 4 is 79.9 Å². The molecule has 0 unspecified atom stereocenters. The number of pyridine rings is 1. The number of aliphatic carboxylic acids is 1. The molecule has 4 saturated heterocycles. The molecule has 0 bridgehead atoms. The number of carboxylic acid groups (broad SMARTS) is 1. The summed E-state index contributed by atoms with van der Waals surface area (Å²) in [6.45, 7) is 12.0. The number of nitrogens with one attached hydrogen (secondary N) is 3. The molecule has 0 radical (unpaired) electrons. The molecule has 0 spiro atoms. The fraction of sp³-hybridized carbons (Fsp3) is 0.460. The molecule has 0 aliphatic carbocycles. The van der Waals surface area contributed by atoms with Gasteiger partial charge in [0, 0.05) is 93.4 Å². The third-order valence-corrected chi connectivity index (χ3v) is 19.8. The second-order valence-corrected chi connectivity index (χ2v) is 27.1. The van der Waals surface area contributed by atoms with Gasteiger partial charge in [-0.05, 0) is 97.6 Å².